The topological polar surface area (TPSA) is 23.1 Å². The number of halogens is 2. The quantitative estimate of drug-likeness (QED) is 0.652. The molecule has 0 N–H and O–H groups in total. The van der Waals surface area contributed by atoms with Gasteiger partial charge in [0.1, 0.15) is 6.26 Å². The van der Waals surface area contributed by atoms with Gasteiger partial charge in [0.2, 0.25) is 0 Å². The van der Waals surface area contributed by atoms with Crippen LogP contribution in [0.15, 0.2) is 23.1 Å². The van der Waals surface area contributed by atoms with Gasteiger partial charge in [0.25, 0.3) is 0 Å². The van der Waals surface area contributed by atoms with E-state index in [1.54, 1.807) is 24.5 Å². The van der Waals surface area contributed by atoms with Crippen molar-refractivity contribution >= 4 is 34.4 Å². The van der Waals surface area contributed by atoms with E-state index in [1.165, 1.54) is 0 Å². The summed E-state index contributed by atoms with van der Waals surface area (Å²) in [6.45, 7) is 0. The Morgan fingerprint density at radius 1 is 1.27 bits per heavy atom. The Bertz CT molecular complexity index is 263. The van der Waals surface area contributed by atoms with E-state index in [0.717, 1.165) is 0 Å². The van der Waals surface area contributed by atoms with Crippen LogP contribution in [0.2, 0.25) is 10.0 Å². The first-order valence-corrected chi connectivity index (χ1v) is 5.21. The fraction of sp³-hybridized carbons (Fsp3) is 0.143. The normalized spacial score (nSPS) is 13.1. The lowest BCUT2D eigenvalue weighted by Crippen LogP contribution is -1.96. The molecule has 4 heteroatoms. The summed E-state index contributed by atoms with van der Waals surface area (Å²) in [5.74, 6) is 0. The molecule has 0 saturated carbocycles. The van der Waals surface area contributed by atoms with Gasteiger partial charge in [0.15, 0.2) is 4.90 Å². The van der Waals surface area contributed by atoms with E-state index in [0.29, 0.717) is 14.9 Å². The first-order chi connectivity index (χ1) is 5.11. The average Bonchev–Trinajstić information content (AvgIpc) is 1.94. The Kier molecular flexibility index (Phi) is 3.07. The summed E-state index contributed by atoms with van der Waals surface area (Å²) in [6.07, 6.45) is 1.60. The van der Waals surface area contributed by atoms with Crippen molar-refractivity contribution < 1.29 is 4.55 Å². The molecule has 0 radical (unpaired) electrons. The first-order valence-electron chi connectivity index (χ1n) is 2.90. The minimum Gasteiger partial charge on any atom is -0.612 e. The maximum Gasteiger partial charge on any atom is 0.153 e. The molecule has 0 aliphatic heterocycles. The highest BCUT2D eigenvalue weighted by atomic mass is 35.5. The Morgan fingerprint density at radius 3 is 2.36 bits per heavy atom. The molecule has 1 aromatic rings. The van der Waals surface area contributed by atoms with Crippen molar-refractivity contribution in [2.24, 2.45) is 0 Å². The molecule has 0 heterocycles. The Balaban J connectivity index is 3.05. The number of benzene rings is 1. The Morgan fingerprint density at radius 2 is 1.91 bits per heavy atom. The van der Waals surface area contributed by atoms with E-state index < -0.39 is 11.2 Å². The SMILES string of the molecule is C[S+]([O-])c1ccc(Cl)c(Cl)c1. The monoisotopic (exact) mass is 208 g/mol. The molecule has 1 unspecified atom stereocenters. The largest absolute Gasteiger partial charge is 0.612 e. The molecule has 0 aliphatic carbocycles. The molecule has 1 atom stereocenters. The summed E-state index contributed by atoms with van der Waals surface area (Å²) in [5, 5.41) is 0.931. The van der Waals surface area contributed by atoms with E-state index in [4.69, 9.17) is 23.2 Å². The van der Waals surface area contributed by atoms with Gasteiger partial charge in [-0.1, -0.05) is 23.2 Å². The molecule has 1 nitrogen and oxygen atoms in total. The molecule has 0 saturated heterocycles. The number of hydrogen-bond donors (Lipinski definition) is 0. The maximum atomic E-state index is 10.9. The van der Waals surface area contributed by atoms with Crippen molar-refractivity contribution in [3.8, 4) is 0 Å². The van der Waals surface area contributed by atoms with Gasteiger partial charge < -0.3 is 4.55 Å². The zero-order valence-electron chi connectivity index (χ0n) is 5.80. The van der Waals surface area contributed by atoms with Crippen molar-refractivity contribution in [2.75, 3.05) is 6.26 Å². The van der Waals surface area contributed by atoms with Crippen LogP contribution in [0.3, 0.4) is 0 Å². The molecule has 0 spiro atoms. The minimum atomic E-state index is -0.991. The second-order valence-corrected chi connectivity index (χ2v) is 4.22. The maximum absolute atomic E-state index is 10.9. The average molecular weight is 209 g/mol. The highest BCUT2D eigenvalue weighted by Crippen LogP contribution is 2.24. The van der Waals surface area contributed by atoms with E-state index >= 15 is 0 Å². The molecule has 60 valence electrons. The third-order valence-electron chi connectivity index (χ3n) is 1.22. The van der Waals surface area contributed by atoms with Gasteiger partial charge in [-0.3, -0.25) is 0 Å². The third-order valence-corrected chi connectivity index (χ3v) is 2.88. The molecule has 0 aromatic heterocycles. The molecule has 0 aliphatic rings. The van der Waals surface area contributed by atoms with E-state index in [-0.39, 0.29) is 0 Å². The molecule has 0 bridgehead atoms. The van der Waals surface area contributed by atoms with Gasteiger partial charge in [-0.2, -0.15) is 0 Å². The molecule has 1 rings (SSSR count). The van der Waals surface area contributed by atoms with E-state index in [2.05, 4.69) is 0 Å². The molecule has 1 aromatic carbocycles. The van der Waals surface area contributed by atoms with E-state index in [1.807, 2.05) is 0 Å². The Labute approximate surface area is 78.5 Å². The van der Waals surface area contributed by atoms with Gasteiger partial charge in [-0.25, -0.2) is 0 Å². The highest BCUT2D eigenvalue weighted by molar-refractivity contribution is 7.90. The number of rotatable bonds is 1. The summed E-state index contributed by atoms with van der Waals surface area (Å²) in [7, 11) is 0. The molecule has 0 amide bonds. The smallest absolute Gasteiger partial charge is 0.153 e. The van der Waals surface area contributed by atoms with E-state index in [9.17, 15) is 4.55 Å². The summed E-state index contributed by atoms with van der Waals surface area (Å²) in [6, 6.07) is 4.95. The number of hydrogen-bond acceptors (Lipinski definition) is 1. The zero-order valence-corrected chi connectivity index (χ0v) is 8.13. The minimum absolute atomic E-state index is 0.444. The van der Waals surface area contributed by atoms with Crippen molar-refractivity contribution in [1.82, 2.24) is 0 Å². The van der Waals surface area contributed by atoms with Gasteiger partial charge in [-0.05, 0) is 23.3 Å². The lowest BCUT2D eigenvalue weighted by molar-refractivity contribution is 0.601. The van der Waals surface area contributed by atoms with Crippen molar-refractivity contribution in [2.45, 2.75) is 4.90 Å². The summed E-state index contributed by atoms with van der Waals surface area (Å²) in [4.78, 5) is 0.694. The second kappa shape index (κ2) is 3.68. The molecule has 0 fully saturated rings. The molecular formula is C7H6Cl2OS. The highest BCUT2D eigenvalue weighted by Gasteiger charge is 2.05. The van der Waals surface area contributed by atoms with Crippen LogP contribution < -0.4 is 0 Å². The predicted molar refractivity (Wildman–Crippen MR) is 48.8 cm³/mol. The first kappa shape index (κ1) is 9.20. The van der Waals surface area contributed by atoms with Crippen LogP contribution in [0.5, 0.6) is 0 Å². The van der Waals surface area contributed by atoms with Crippen LogP contribution in [0.1, 0.15) is 0 Å². The van der Waals surface area contributed by atoms with Gasteiger partial charge in [-0.15, -0.1) is 0 Å². The zero-order chi connectivity index (χ0) is 8.43. The fourth-order valence-corrected chi connectivity index (χ4v) is 1.56. The standard InChI is InChI=1S/C7H6Cl2OS/c1-11(10)5-2-3-6(8)7(9)4-5/h2-4H,1H3. The summed E-state index contributed by atoms with van der Waals surface area (Å²) < 4.78 is 10.9. The second-order valence-electron chi connectivity index (χ2n) is 2.03. The third kappa shape index (κ3) is 2.27. The van der Waals surface area contributed by atoms with Crippen molar-refractivity contribution in [3.63, 3.8) is 0 Å². The summed E-state index contributed by atoms with van der Waals surface area (Å²) >= 11 is 10.4. The van der Waals surface area contributed by atoms with Crippen LogP contribution in [0.25, 0.3) is 0 Å². The van der Waals surface area contributed by atoms with Gasteiger partial charge in [0.05, 0.1) is 10.0 Å². The van der Waals surface area contributed by atoms with Gasteiger partial charge >= 0.3 is 0 Å². The lowest BCUT2D eigenvalue weighted by atomic mass is 10.4. The predicted octanol–water partition coefficient (Wildman–Crippen LogP) is 2.73. The van der Waals surface area contributed by atoms with Crippen molar-refractivity contribution in [3.05, 3.63) is 28.2 Å². The van der Waals surface area contributed by atoms with Crippen LogP contribution in [-0.4, -0.2) is 10.8 Å². The molecule has 11 heavy (non-hydrogen) atoms. The van der Waals surface area contributed by atoms with Crippen LogP contribution in [0.4, 0.5) is 0 Å². The van der Waals surface area contributed by atoms with Crippen LogP contribution in [-0.2, 0) is 11.2 Å². The fourth-order valence-electron chi connectivity index (χ4n) is 0.656. The van der Waals surface area contributed by atoms with Gasteiger partial charge in [0, 0.05) is 6.07 Å². The van der Waals surface area contributed by atoms with Crippen LogP contribution in [0, 0.1) is 0 Å². The molecular weight excluding hydrogens is 203 g/mol. The Hall–Kier alpha value is 0.110. The van der Waals surface area contributed by atoms with Crippen molar-refractivity contribution in [1.29, 1.82) is 0 Å². The lowest BCUT2D eigenvalue weighted by Gasteiger charge is -2.04. The van der Waals surface area contributed by atoms with Crippen LogP contribution >= 0.6 is 23.2 Å². The summed E-state index contributed by atoms with van der Waals surface area (Å²) in [5.41, 5.74) is 0.